The Balaban J connectivity index is 3.07. The first-order valence-electron chi connectivity index (χ1n) is 4.89. The van der Waals surface area contributed by atoms with Gasteiger partial charge in [0.25, 0.3) is 0 Å². The number of nitrogens with one attached hydrogen (secondary N) is 1. The second-order valence-electron chi connectivity index (χ2n) is 3.06. The van der Waals surface area contributed by atoms with Crippen molar-refractivity contribution in [3.63, 3.8) is 0 Å². The van der Waals surface area contributed by atoms with Crippen LogP contribution in [0.2, 0.25) is 0 Å². The van der Waals surface area contributed by atoms with Gasteiger partial charge in [0.2, 0.25) is 0 Å². The number of rotatable bonds is 9. The Bertz CT molecular complexity index is 217. The van der Waals surface area contributed by atoms with Crippen LogP contribution < -0.4 is 5.32 Å². The molecule has 0 atom stereocenters. The minimum Gasteiger partial charge on any atom is -0.316 e. The lowest BCUT2D eigenvalue weighted by atomic mass is 10.2. The second-order valence-corrected chi connectivity index (χ2v) is 6.53. The molecule has 0 rings (SSSR count). The van der Waals surface area contributed by atoms with Crippen LogP contribution in [0.15, 0.2) is 0 Å². The fraction of sp³-hybridized carbons (Fsp3) is 1.00. The summed E-state index contributed by atoms with van der Waals surface area (Å²) in [6.45, 7) is 3.71. The quantitative estimate of drug-likeness (QED) is 0.365. The van der Waals surface area contributed by atoms with Crippen LogP contribution in [0, 0.1) is 0 Å². The van der Waals surface area contributed by atoms with Crippen molar-refractivity contribution < 1.29 is 13.0 Å². The van der Waals surface area contributed by atoms with E-state index in [2.05, 4.69) is 12.2 Å². The largest absolute Gasteiger partial charge is 0.319 e. The molecule has 0 aliphatic carbocycles. The molecule has 0 spiro atoms. The van der Waals surface area contributed by atoms with E-state index in [1.54, 1.807) is 0 Å². The molecule has 0 aliphatic heterocycles. The van der Waals surface area contributed by atoms with Gasteiger partial charge >= 0.3 is 9.15 Å². The molecular formula is C8H19NO3S2. The van der Waals surface area contributed by atoms with E-state index >= 15 is 0 Å². The highest BCUT2D eigenvalue weighted by Gasteiger charge is 2.03. The van der Waals surface area contributed by atoms with Crippen LogP contribution in [-0.4, -0.2) is 31.8 Å². The van der Waals surface area contributed by atoms with Gasteiger partial charge in [0.15, 0.2) is 0 Å². The molecule has 0 heterocycles. The van der Waals surface area contributed by atoms with Crippen molar-refractivity contribution in [1.82, 2.24) is 5.32 Å². The van der Waals surface area contributed by atoms with Gasteiger partial charge in [-0.05, 0) is 23.8 Å². The van der Waals surface area contributed by atoms with Gasteiger partial charge in [-0.2, -0.15) is 8.42 Å². The molecule has 14 heavy (non-hydrogen) atoms. The monoisotopic (exact) mass is 241 g/mol. The van der Waals surface area contributed by atoms with Crippen molar-refractivity contribution in [3.8, 4) is 0 Å². The molecule has 0 aromatic heterocycles. The maximum Gasteiger partial charge on any atom is 0.319 e. The van der Waals surface area contributed by atoms with Crippen molar-refractivity contribution in [2.24, 2.45) is 0 Å². The molecule has 0 aromatic rings. The highest BCUT2D eigenvalue weighted by molar-refractivity contribution is 8.69. The highest BCUT2D eigenvalue weighted by Crippen LogP contribution is 2.06. The molecule has 0 aromatic carbocycles. The maximum atomic E-state index is 10.3. The van der Waals surface area contributed by atoms with Crippen LogP contribution in [0.25, 0.3) is 0 Å². The van der Waals surface area contributed by atoms with Crippen molar-refractivity contribution in [2.45, 2.75) is 32.6 Å². The Hall–Kier alpha value is 0.220. The molecule has 0 saturated carbocycles. The number of unbranched alkanes of at least 4 members (excludes halogenated alkanes) is 3. The van der Waals surface area contributed by atoms with Crippen LogP contribution in [0.4, 0.5) is 0 Å². The fourth-order valence-corrected chi connectivity index (χ4v) is 2.34. The lowest BCUT2D eigenvalue weighted by Gasteiger charge is -2.02. The first kappa shape index (κ1) is 14.2. The van der Waals surface area contributed by atoms with Crippen LogP contribution >= 0.6 is 10.8 Å². The van der Waals surface area contributed by atoms with Gasteiger partial charge < -0.3 is 5.32 Å². The Kier molecular flexibility index (Phi) is 8.66. The molecule has 0 radical (unpaired) electrons. The van der Waals surface area contributed by atoms with Gasteiger partial charge in [-0.15, -0.1) is 0 Å². The van der Waals surface area contributed by atoms with E-state index in [0.29, 0.717) is 23.1 Å². The Morgan fingerprint density at radius 2 is 1.93 bits per heavy atom. The first-order chi connectivity index (χ1) is 6.56. The molecule has 0 amide bonds. The molecule has 0 aliphatic rings. The molecule has 86 valence electrons. The summed E-state index contributed by atoms with van der Waals surface area (Å²) in [6.07, 6.45) is 4.82. The zero-order chi connectivity index (χ0) is 10.9. The zero-order valence-corrected chi connectivity index (χ0v) is 10.2. The van der Waals surface area contributed by atoms with Crippen LogP contribution in [0.5, 0.6) is 0 Å². The Morgan fingerprint density at radius 3 is 2.50 bits per heavy atom. The van der Waals surface area contributed by atoms with E-state index in [-0.39, 0.29) is 0 Å². The average Bonchev–Trinajstić information content (AvgIpc) is 2.08. The summed E-state index contributed by atoms with van der Waals surface area (Å²) in [5, 5.41) is 3.12. The van der Waals surface area contributed by atoms with Crippen LogP contribution in [-0.2, 0) is 9.15 Å². The molecule has 0 saturated heterocycles. The average molecular weight is 241 g/mol. The molecular weight excluding hydrogens is 222 g/mol. The predicted molar refractivity (Wildman–Crippen MR) is 61.0 cm³/mol. The van der Waals surface area contributed by atoms with Gasteiger partial charge in [-0.25, -0.2) is 0 Å². The van der Waals surface area contributed by atoms with Gasteiger partial charge in [-0.1, -0.05) is 26.2 Å². The minimum atomic E-state index is -3.85. The van der Waals surface area contributed by atoms with Crippen LogP contribution in [0.1, 0.15) is 32.6 Å². The Labute approximate surface area is 90.0 Å². The molecule has 6 heteroatoms. The van der Waals surface area contributed by atoms with Crippen molar-refractivity contribution in [1.29, 1.82) is 0 Å². The molecule has 0 bridgehead atoms. The Morgan fingerprint density at radius 1 is 1.21 bits per heavy atom. The third-order valence-electron chi connectivity index (χ3n) is 1.72. The summed E-state index contributed by atoms with van der Waals surface area (Å²) in [5.74, 6) is 0.395. The van der Waals surface area contributed by atoms with Crippen molar-refractivity contribution in [3.05, 3.63) is 0 Å². The fourth-order valence-electron chi connectivity index (χ4n) is 1.02. The third-order valence-corrected chi connectivity index (χ3v) is 3.78. The second kappa shape index (κ2) is 8.52. The van der Waals surface area contributed by atoms with Crippen molar-refractivity contribution in [2.75, 3.05) is 18.8 Å². The predicted octanol–water partition coefficient (Wildman–Crippen LogP) is 1.69. The first-order valence-corrected chi connectivity index (χ1v) is 7.83. The van der Waals surface area contributed by atoms with E-state index < -0.39 is 9.15 Å². The van der Waals surface area contributed by atoms with Gasteiger partial charge in [0.1, 0.15) is 0 Å². The number of hydrogen-bond donors (Lipinski definition) is 2. The van der Waals surface area contributed by atoms with E-state index in [1.165, 1.54) is 19.3 Å². The summed E-state index contributed by atoms with van der Waals surface area (Å²) in [6, 6.07) is 0. The summed E-state index contributed by atoms with van der Waals surface area (Å²) in [7, 11) is -3.28. The zero-order valence-electron chi connectivity index (χ0n) is 8.53. The highest BCUT2D eigenvalue weighted by atomic mass is 33.1. The lowest BCUT2D eigenvalue weighted by Crippen LogP contribution is -2.18. The van der Waals surface area contributed by atoms with Gasteiger partial charge in [0, 0.05) is 12.3 Å². The van der Waals surface area contributed by atoms with E-state index in [4.69, 9.17) is 4.55 Å². The SMILES string of the molecule is CCCCCCNCCSS(=O)(=O)O. The molecule has 0 fully saturated rings. The summed E-state index contributed by atoms with van der Waals surface area (Å²) >= 11 is 0. The topological polar surface area (TPSA) is 66.4 Å². The number of hydrogen-bond acceptors (Lipinski definition) is 4. The molecule has 4 nitrogen and oxygen atoms in total. The van der Waals surface area contributed by atoms with Crippen molar-refractivity contribution >= 4 is 19.9 Å². The minimum absolute atomic E-state index is 0.395. The smallest absolute Gasteiger partial charge is 0.316 e. The summed E-state index contributed by atoms with van der Waals surface area (Å²) < 4.78 is 29.0. The van der Waals surface area contributed by atoms with E-state index in [9.17, 15) is 8.42 Å². The summed E-state index contributed by atoms with van der Waals surface area (Å²) in [5.41, 5.74) is 0. The standard InChI is InChI=1S/C8H19NO3S2/c1-2-3-4-5-6-9-7-8-13-14(10,11)12/h9H,2-8H2,1H3,(H,10,11,12). The lowest BCUT2D eigenvalue weighted by molar-refractivity contribution is 0.503. The van der Waals surface area contributed by atoms with E-state index in [1.807, 2.05) is 0 Å². The normalized spacial score (nSPS) is 11.9. The van der Waals surface area contributed by atoms with Gasteiger partial charge in [-0.3, -0.25) is 4.55 Å². The van der Waals surface area contributed by atoms with Gasteiger partial charge in [0.05, 0.1) is 0 Å². The maximum absolute atomic E-state index is 10.3. The summed E-state index contributed by atoms with van der Waals surface area (Å²) in [4.78, 5) is 0. The molecule has 0 unspecified atom stereocenters. The third kappa shape index (κ3) is 12.2. The van der Waals surface area contributed by atoms with Crippen LogP contribution in [0.3, 0.4) is 0 Å². The molecule has 2 N–H and O–H groups in total. The van der Waals surface area contributed by atoms with E-state index in [0.717, 1.165) is 13.0 Å².